The van der Waals surface area contributed by atoms with Gasteiger partial charge in [0.15, 0.2) is 0 Å². The zero-order valence-corrected chi connectivity index (χ0v) is 24.3. The summed E-state index contributed by atoms with van der Waals surface area (Å²) in [7, 11) is 0. The topological polar surface area (TPSA) is 90.2 Å². The second-order valence-electron chi connectivity index (χ2n) is 10.3. The summed E-state index contributed by atoms with van der Waals surface area (Å²) in [6.45, 7) is 7.78. The first kappa shape index (κ1) is 26.3. The standard InChI is InChI=1S/C30H30ClN7O2S/c1-19-3-2-4-21(34-19)17-40-26-8-5-20(15-24(26)31)35-29-27-22-6-7-25-23(28(22)41-30(27)33-18-32-29)16-38(36-25)10-9-37-11-13-39-14-12-37/h2-5,8,15-16,18H,6-7,9-14,17H2,1H3,(H,32,33,35). The Bertz CT molecular complexity index is 1710. The maximum atomic E-state index is 6.60. The smallest absolute Gasteiger partial charge is 0.142 e. The zero-order valence-electron chi connectivity index (χ0n) is 22.8. The molecular weight excluding hydrogens is 558 g/mol. The predicted octanol–water partition coefficient (Wildman–Crippen LogP) is 5.67. The van der Waals surface area contributed by atoms with Gasteiger partial charge in [-0.25, -0.2) is 9.97 Å². The molecule has 11 heteroatoms. The van der Waals surface area contributed by atoms with Crippen LogP contribution in [0.2, 0.25) is 5.02 Å². The lowest BCUT2D eigenvalue weighted by Crippen LogP contribution is -2.38. The van der Waals surface area contributed by atoms with Crippen LogP contribution in [-0.2, 0) is 30.7 Å². The Labute approximate surface area is 247 Å². The highest BCUT2D eigenvalue weighted by atomic mass is 35.5. The van der Waals surface area contributed by atoms with Crippen LogP contribution in [-0.4, -0.2) is 62.5 Å². The number of pyridine rings is 1. The number of aromatic nitrogens is 5. The molecule has 1 N–H and O–H groups in total. The lowest BCUT2D eigenvalue weighted by molar-refractivity contribution is 0.0359. The minimum atomic E-state index is 0.355. The molecule has 2 aliphatic rings. The quantitative estimate of drug-likeness (QED) is 0.249. The van der Waals surface area contributed by atoms with E-state index in [4.69, 9.17) is 26.2 Å². The summed E-state index contributed by atoms with van der Waals surface area (Å²) in [6, 6.07) is 11.6. The maximum Gasteiger partial charge on any atom is 0.142 e. The van der Waals surface area contributed by atoms with Gasteiger partial charge < -0.3 is 14.8 Å². The molecule has 1 aliphatic heterocycles. The minimum Gasteiger partial charge on any atom is -0.486 e. The Morgan fingerprint density at radius 2 is 2.00 bits per heavy atom. The van der Waals surface area contributed by atoms with Crippen molar-refractivity contribution in [3.63, 3.8) is 0 Å². The molecule has 0 amide bonds. The van der Waals surface area contributed by atoms with Gasteiger partial charge in [-0.15, -0.1) is 11.3 Å². The summed E-state index contributed by atoms with van der Waals surface area (Å²) < 4.78 is 13.5. The Balaban J connectivity index is 1.10. The first-order chi connectivity index (χ1) is 20.1. The number of hydrogen-bond acceptors (Lipinski definition) is 9. The van der Waals surface area contributed by atoms with Crippen LogP contribution < -0.4 is 10.1 Å². The summed E-state index contributed by atoms with van der Waals surface area (Å²) >= 11 is 8.32. The second-order valence-corrected chi connectivity index (χ2v) is 11.8. The van der Waals surface area contributed by atoms with Crippen LogP contribution >= 0.6 is 22.9 Å². The van der Waals surface area contributed by atoms with Crippen molar-refractivity contribution in [3.05, 3.63) is 76.6 Å². The number of benzene rings is 1. The molecule has 0 bridgehead atoms. The third-order valence-electron chi connectivity index (χ3n) is 7.55. The molecule has 1 aromatic carbocycles. The highest BCUT2D eigenvalue weighted by Gasteiger charge is 2.26. The van der Waals surface area contributed by atoms with E-state index < -0.39 is 0 Å². The van der Waals surface area contributed by atoms with E-state index in [0.29, 0.717) is 17.4 Å². The largest absolute Gasteiger partial charge is 0.486 e. The molecule has 0 spiro atoms. The third-order valence-corrected chi connectivity index (χ3v) is 9.02. The molecule has 5 heterocycles. The average molecular weight is 588 g/mol. The van der Waals surface area contributed by atoms with Crippen LogP contribution in [0.5, 0.6) is 5.75 Å². The number of nitrogens with one attached hydrogen (secondary N) is 1. The van der Waals surface area contributed by atoms with Crippen LogP contribution in [0.15, 0.2) is 48.9 Å². The van der Waals surface area contributed by atoms with Gasteiger partial charge in [0.05, 0.1) is 41.6 Å². The number of halogens is 1. The molecule has 41 heavy (non-hydrogen) atoms. The van der Waals surface area contributed by atoms with Gasteiger partial charge in [-0.3, -0.25) is 14.6 Å². The number of aryl methyl sites for hydroxylation is 3. The Morgan fingerprint density at radius 3 is 2.85 bits per heavy atom. The fraction of sp³-hybridized carbons (Fsp3) is 0.333. The van der Waals surface area contributed by atoms with Gasteiger partial charge in [0, 0.05) is 47.7 Å². The Morgan fingerprint density at radius 1 is 1.10 bits per heavy atom. The molecule has 0 radical (unpaired) electrons. The Kier molecular flexibility index (Phi) is 7.30. The lowest BCUT2D eigenvalue weighted by Gasteiger charge is -2.26. The summed E-state index contributed by atoms with van der Waals surface area (Å²) in [5.41, 5.74) is 6.32. The number of nitrogens with zero attached hydrogens (tertiary/aromatic N) is 6. The summed E-state index contributed by atoms with van der Waals surface area (Å²) in [6.07, 6.45) is 5.63. The molecule has 9 nitrogen and oxygen atoms in total. The second kappa shape index (κ2) is 11.4. The molecule has 1 fully saturated rings. The highest BCUT2D eigenvalue weighted by molar-refractivity contribution is 7.22. The van der Waals surface area contributed by atoms with Crippen molar-refractivity contribution in [2.45, 2.75) is 32.9 Å². The number of rotatable bonds is 8. The van der Waals surface area contributed by atoms with E-state index in [1.807, 2.05) is 43.3 Å². The van der Waals surface area contributed by atoms with Crippen molar-refractivity contribution in [2.24, 2.45) is 0 Å². The predicted molar refractivity (Wildman–Crippen MR) is 161 cm³/mol. The van der Waals surface area contributed by atoms with Crippen molar-refractivity contribution in [1.82, 2.24) is 29.6 Å². The first-order valence-electron chi connectivity index (χ1n) is 13.9. The van der Waals surface area contributed by atoms with Crippen LogP contribution in [0.4, 0.5) is 11.5 Å². The van der Waals surface area contributed by atoms with E-state index in [-0.39, 0.29) is 0 Å². The van der Waals surface area contributed by atoms with E-state index in [9.17, 15) is 0 Å². The van der Waals surface area contributed by atoms with E-state index >= 15 is 0 Å². The van der Waals surface area contributed by atoms with Crippen molar-refractivity contribution < 1.29 is 9.47 Å². The summed E-state index contributed by atoms with van der Waals surface area (Å²) in [4.78, 5) is 18.4. The SMILES string of the molecule is Cc1cccc(COc2ccc(Nc3ncnc4sc5c(c34)CCc3nn(CCN4CCOCC4)cc3-5)cc2Cl)n1. The number of fused-ring (bicyclic) bond motifs is 5. The molecule has 0 saturated carbocycles. The number of thiophene rings is 1. The van der Waals surface area contributed by atoms with Gasteiger partial charge in [0.2, 0.25) is 0 Å². The average Bonchev–Trinajstić information content (AvgIpc) is 3.58. The summed E-state index contributed by atoms with van der Waals surface area (Å²) in [5.74, 6) is 1.39. The van der Waals surface area contributed by atoms with Crippen molar-refractivity contribution in [3.8, 4) is 16.2 Å². The van der Waals surface area contributed by atoms with Crippen molar-refractivity contribution in [2.75, 3.05) is 38.2 Å². The number of hydrogen-bond donors (Lipinski definition) is 1. The van der Waals surface area contributed by atoms with Crippen LogP contribution in [0.25, 0.3) is 20.7 Å². The fourth-order valence-electron chi connectivity index (χ4n) is 5.47. The molecule has 210 valence electrons. The van der Waals surface area contributed by atoms with E-state index in [1.165, 1.54) is 16.0 Å². The number of anilines is 2. The van der Waals surface area contributed by atoms with Gasteiger partial charge in [-0.1, -0.05) is 17.7 Å². The van der Waals surface area contributed by atoms with Crippen LogP contribution in [0, 0.1) is 6.92 Å². The summed E-state index contributed by atoms with van der Waals surface area (Å²) in [5, 5.41) is 10.0. The Hall–Kier alpha value is -3.57. The minimum absolute atomic E-state index is 0.355. The molecule has 1 aliphatic carbocycles. The highest BCUT2D eigenvalue weighted by Crippen LogP contribution is 2.45. The zero-order chi connectivity index (χ0) is 27.8. The molecule has 5 aromatic rings. The molecule has 0 atom stereocenters. The molecule has 7 rings (SSSR count). The first-order valence-corrected chi connectivity index (χ1v) is 15.1. The van der Waals surface area contributed by atoms with Crippen molar-refractivity contribution in [1.29, 1.82) is 0 Å². The number of ether oxygens (including phenoxy) is 2. The van der Waals surface area contributed by atoms with Crippen LogP contribution in [0.1, 0.15) is 22.6 Å². The van der Waals surface area contributed by atoms with Gasteiger partial charge in [-0.2, -0.15) is 5.10 Å². The van der Waals surface area contributed by atoms with Gasteiger partial charge >= 0.3 is 0 Å². The lowest BCUT2D eigenvalue weighted by atomic mass is 9.95. The monoisotopic (exact) mass is 587 g/mol. The fourth-order valence-corrected chi connectivity index (χ4v) is 6.93. The van der Waals surface area contributed by atoms with Gasteiger partial charge in [-0.05, 0) is 55.7 Å². The van der Waals surface area contributed by atoms with Gasteiger partial charge in [0.1, 0.15) is 29.3 Å². The molecule has 0 unspecified atom stereocenters. The number of morpholine rings is 1. The van der Waals surface area contributed by atoms with E-state index in [1.54, 1.807) is 17.7 Å². The van der Waals surface area contributed by atoms with E-state index in [0.717, 1.165) is 91.0 Å². The van der Waals surface area contributed by atoms with Crippen LogP contribution in [0.3, 0.4) is 0 Å². The normalized spacial score (nSPS) is 15.1. The molecule has 1 saturated heterocycles. The van der Waals surface area contributed by atoms with E-state index in [2.05, 4.69) is 36.0 Å². The van der Waals surface area contributed by atoms with Gasteiger partial charge in [0.25, 0.3) is 0 Å². The molecule has 4 aromatic heterocycles. The maximum absolute atomic E-state index is 6.60. The third kappa shape index (κ3) is 5.52. The molecular formula is C30H30ClN7O2S. The van der Waals surface area contributed by atoms with Crippen molar-refractivity contribution >= 4 is 44.7 Å².